The topological polar surface area (TPSA) is 20.2 Å². The normalized spacial score (nSPS) is 10.8. The monoisotopic (exact) mass is 252 g/mol. The molecule has 4 heteroatoms. The van der Waals surface area contributed by atoms with E-state index >= 15 is 0 Å². The van der Waals surface area contributed by atoms with E-state index in [1.54, 1.807) is 6.07 Å². The predicted octanol–water partition coefficient (Wildman–Crippen LogP) is 4.97. The van der Waals surface area contributed by atoms with Gasteiger partial charge in [-0.1, -0.05) is 65.5 Å². The number of benzene rings is 1. The van der Waals surface area contributed by atoms with Gasteiger partial charge in [0, 0.05) is 0 Å². The van der Waals surface area contributed by atoms with Gasteiger partial charge in [-0.15, -0.1) is 0 Å². The third kappa shape index (κ3) is 8.74. The minimum absolute atomic E-state index is 0. The molecule has 0 saturated carbocycles. The molecule has 1 aromatic carbocycles. The molecule has 0 saturated heterocycles. The summed E-state index contributed by atoms with van der Waals surface area (Å²) in [5.41, 5.74) is -0.134. The predicted molar refractivity (Wildman–Crippen MR) is 66.9 cm³/mol. The zero-order chi connectivity index (χ0) is 13.2. The highest BCUT2D eigenvalue weighted by atomic mass is 19.4. The maximum Gasteiger partial charge on any atom is 0.418 e. The van der Waals surface area contributed by atoms with E-state index in [2.05, 4.69) is 0 Å². The van der Waals surface area contributed by atoms with Crippen LogP contribution in [0.2, 0.25) is 0 Å². The molecular formula is C13H23F3O. The standard InChI is InChI=1S/C8H7F3O.2C2H6.CH4/c9-8(10,11)7(12)6-4-2-1-3-5-6;2*1-2;/h1-5,7,12H;2*1-2H3;1H4. The van der Waals surface area contributed by atoms with Crippen molar-refractivity contribution in [1.29, 1.82) is 0 Å². The number of hydrogen-bond acceptors (Lipinski definition) is 1. The van der Waals surface area contributed by atoms with E-state index < -0.39 is 12.3 Å². The smallest absolute Gasteiger partial charge is 0.379 e. The second-order valence-corrected chi connectivity index (χ2v) is 2.35. The lowest BCUT2D eigenvalue weighted by atomic mass is 10.1. The van der Waals surface area contributed by atoms with Gasteiger partial charge < -0.3 is 5.11 Å². The van der Waals surface area contributed by atoms with Crippen LogP contribution in [0, 0.1) is 0 Å². The first-order valence-electron chi connectivity index (χ1n) is 5.31. The molecule has 0 aliphatic rings. The van der Waals surface area contributed by atoms with Gasteiger partial charge in [0.1, 0.15) is 0 Å². The van der Waals surface area contributed by atoms with Gasteiger partial charge >= 0.3 is 6.18 Å². The number of halogens is 3. The average Bonchev–Trinajstić information content (AvgIpc) is 2.33. The highest BCUT2D eigenvalue weighted by Crippen LogP contribution is 2.31. The van der Waals surface area contributed by atoms with Crippen LogP contribution in [0.5, 0.6) is 0 Å². The Morgan fingerprint density at radius 3 is 1.59 bits per heavy atom. The first-order valence-corrected chi connectivity index (χ1v) is 5.31. The van der Waals surface area contributed by atoms with Crippen molar-refractivity contribution < 1.29 is 18.3 Å². The van der Waals surface area contributed by atoms with Crippen LogP contribution in [-0.2, 0) is 0 Å². The minimum Gasteiger partial charge on any atom is -0.379 e. The number of aliphatic hydroxyl groups is 1. The molecule has 102 valence electrons. The molecule has 0 spiro atoms. The fourth-order valence-electron chi connectivity index (χ4n) is 0.824. The van der Waals surface area contributed by atoms with Crippen LogP contribution in [0.1, 0.15) is 46.8 Å². The maximum atomic E-state index is 11.9. The molecular weight excluding hydrogens is 229 g/mol. The Morgan fingerprint density at radius 2 is 1.29 bits per heavy atom. The van der Waals surface area contributed by atoms with Crippen LogP contribution in [0.25, 0.3) is 0 Å². The van der Waals surface area contributed by atoms with Crippen molar-refractivity contribution in [3.63, 3.8) is 0 Å². The summed E-state index contributed by atoms with van der Waals surface area (Å²) in [6.45, 7) is 8.00. The Balaban J connectivity index is -0.000000355. The fraction of sp³-hybridized carbons (Fsp3) is 0.538. The van der Waals surface area contributed by atoms with Crippen molar-refractivity contribution in [3.8, 4) is 0 Å². The molecule has 0 aromatic heterocycles. The van der Waals surface area contributed by atoms with Gasteiger partial charge in [0.25, 0.3) is 0 Å². The summed E-state index contributed by atoms with van der Waals surface area (Å²) in [6.07, 6.45) is -6.96. The van der Waals surface area contributed by atoms with Gasteiger partial charge in [-0.25, -0.2) is 0 Å². The molecule has 1 rings (SSSR count). The van der Waals surface area contributed by atoms with E-state index in [1.807, 2.05) is 27.7 Å². The molecule has 0 aliphatic heterocycles. The minimum atomic E-state index is -4.58. The van der Waals surface area contributed by atoms with E-state index in [0.29, 0.717) is 0 Å². The van der Waals surface area contributed by atoms with Gasteiger partial charge in [-0.05, 0) is 5.56 Å². The average molecular weight is 252 g/mol. The van der Waals surface area contributed by atoms with Crippen LogP contribution >= 0.6 is 0 Å². The number of alkyl halides is 3. The molecule has 0 heterocycles. The Bertz CT molecular complexity index is 245. The van der Waals surface area contributed by atoms with Crippen LogP contribution in [0.4, 0.5) is 13.2 Å². The maximum absolute atomic E-state index is 11.9. The molecule has 1 aromatic rings. The van der Waals surface area contributed by atoms with Crippen LogP contribution < -0.4 is 0 Å². The zero-order valence-corrected chi connectivity index (χ0v) is 10.0. The van der Waals surface area contributed by atoms with E-state index in [4.69, 9.17) is 5.11 Å². The first-order chi connectivity index (χ1) is 7.52. The lowest BCUT2D eigenvalue weighted by molar-refractivity contribution is -0.206. The van der Waals surface area contributed by atoms with Crippen molar-refractivity contribution in [2.75, 3.05) is 0 Å². The molecule has 0 amide bonds. The lowest BCUT2D eigenvalue weighted by Gasteiger charge is -2.13. The second kappa shape index (κ2) is 11.5. The lowest BCUT2D eigenvalue weighted by Crippen LogP contribution is -2.19. The zero-order valence-electron chi connectivity index (χ0n) is 10.0. The third-order valence-corrected chi connectivity index (χ3v) is 1.43. The summed E-state index contributed by atoms with van der Waals surface area (Å²) < 4.78 is 35.7. The Morgan fingerprint density at radius 1 is 0.941 bits per heavy atom. The van der Waals surface area contributed by atoms with Crippen molar-refractivity contribution in [2.24, 2.45) is 0 Å². The van der Waals surface area contributed by atoms with Crippen LogP contribution in [0.15, 0.2) is 30.3 Å². The van der Waals surface area contributed by atoms with Gasteiger partial charge in [0.2, 0.25) is 0 Å². The molecule has 0 bridgehead atoms. The van der Waals surface area contributed by atoms with Crippen LogP contribution in [0.3, 0.4) is 0 Å². The summed E-state index contributed by atoms with van der Waals surface area (Å²) in [5, 5.41) is 8.73. The number of rotatable bonds is 1. The highest BCUT2D eigenvalue weighted by molar-refractivity contribution is 5.18. The van der Waals surface area contributed by atoms with Crippen LogP contribution in [-0.4, -0.2) is 11.3 Å². The largest absolute Gasteiger partial charge is 0.418 e. The quantitative estimate of drug-likeness (QED) is 0.748. The summed E-state index contributed by atoms with van der Waals surface area (Å²) in [6, 6.07) is 6.96. The number of aliphatic hydroxyl groups excluding tert-OH is 1. The highest BCUT2D eigenvalue weighted by Gasteiger charge is 2.38. The molecule has 17 heavy (non-hydrogen) atoms. The third-order valence-electron chi connectivity index (χ3n) is 1.43. The first kappa shape index (κ1) is 21.3. The van der Waals surface area contributed by atoms with Crippen molar-refractivity contribution in [2.45, 2.75) is 47.4 Å². The summed E-state index contributed by atoms with van der Waals surface area (Å²) in [4.78, 5) is 0. The molecule has 0 radical (unpaired) electrons. The van der Waals surface area contributed by atoms with Gasteiger partial charge in [-0.3, -0.25) is 0 Å². The molecule has 1 nitrogen and oxygen atoms in total. The SMILES string of the molecule is C.CC.CC.OC(c1ccccc1)C(F)(F)F. The van der Waals surface area contributed by atoms with E-state index in [0.717, 1.165) is 0 Å². The molecule has 0 fully saturated rings. The Hall–Kier alpha value is -1.03. The van der Waals surface area contributed by atoms with Gasteiger partial charge in [0.15, 0.2) is 6.10 Å². The Labute approximate surface area is 102 Å². The summed E-state index contributed by atoms with van der Waals surface area (Å²) in [7, 11) is 0. The number of hydrogen-bond donors (Lipinski definition) is 1. The molecule has 1 atom stereocenters. The van der Waals surface area contributed by atoms with E-state index in [9.17, 15) is 13.2 Å². The van der Waals surface area contributed by atoms with E-state index in [-0.39, 0.29) is 13.0 Å². The van der Waals surface area contributed by atoms with Crippen molar-refractivity contribution >= 4 is 0 Å². The Kier molecular flexibility index (Phi) is 14.3. The molecule has 0 aliphatic carbocycles. The molecule has 1 N–H and O–H groups in total. The van der Waals surface area contributed by atoms with Crippen molar-refractivity contribution in [3.05, 3.63) is 35.9 Å². The molecule has 1 unspecified atom stereocenters. The van der Waals surface area contributed by atoms with E-state index in [1.165, 1.54) is 24.3 Å². The summed E-state index contributed by atoms with van der Waals surface area (Å²) in [5.74, 6) is 0. The van der Waals surface area contributed by atoms with Crippen molar-refractivity contribution in [1.82, 2.24) is 0 Å². The van der Waals surface area contributed by atoms with Gasteiger partial charge in [0.05, 0.1) is 0 Å². The van der Waals surface area contributed by atoms with Gasteiger partial charge in [-0.2, -0.15) is 13.2 Å². The second-order valence-electron chi connectivity index (χ2n) is 2.35. The summed E-state index contributed by atoms with van der Waals surface area (Å²) >= 11 is 0. The fourth-order valence-corrected chi connectivity index (χ4v) is 0.824.